The van der Waals surface area contributed by atoms with Crippen molar-refractivity contribution < 1.29 is 13.9 Å². The monoisotopic (exact) mass is 315 g/mol. The highest BCUT2D eigenvalue weighted by molar-refractivity contribution is 5.73. The predicted molar refractivity (Wildman–Crippen MR) is 82.7 cm³/mol. The van der Waals surface area contributed by atoms with Crippen LogP contribution in [0.4, 0.5) is 4.39 Å². The van der Waals surface area contributed by atoms with Crippen molar-refractivity contribution in [3.8, 4) is 11.6 Å². The number of carbonyl (C=O) groups is 1. The Balaban J connectivity index is 1.75. The lowest BCUT2D eigenvalue weighted by atomic mass is 9.95. The Morgan fingerprint density at radius 1 is 1.39 bits per heavy atom. The second kappa shape index (κ2) is 6.73. The molecule has 1 aliphatic heterocycles. The molecule has 0 aliphatic carbocycles. The molecule has 0 N–H and O–H groups in total. The highest BCUT2D eigenvalue weighted by Crippen LogP contribution is 2.27. The molecule has 1 fully saturated rings. The molecule has 2 heterocycles. The Labute approximate surface area is 134 Å². The van der Waals surface area contributed by atoms with E-state index in [2.05, 4.69) is 9.97 Å². The zero-order valence-corrected chi connectivity index (χ0v) is 12.9. The first-order chi connectivity index (χ1) is 11.1. The van der Waals surface area contributed by atoms with Gasteiger partial charge in [-0.15, -0.1) is 0 Å². The molecular weight excluding hydrogens is 297 g/mol. The molecule has 120 valence electrons. The van der Waals surface area contributed by atoms with Crippen LogP contribution in [0.2, 0.25) is 0 Å². The molecule has 6 heteroatoms. The topological polar surface area (TPSA) is 55.3 Å². The average molecular weight is 315 g/mol. The van der Waals surface area contributed by atoms with Crippen LogP contribution in [0.1, 0.15) is 31.4 Å². The summed E-state index contributed by atoms with van der Waals surface area (Å²) in [5.74, 6) is 0.570. The SMILES string of the molecule is CC(=O)N1CCCC(c2cncc(Oc3cccc(F)c3)n2)C1. The zero-order chi connectivity index (χ0) is 16.2. The molecule has 3 rings (SSSR count). The molecule has 1 aromatic carbocycles. The lowest BCUT2D eigenvalue weighted by Gasteiger charge is -2.31. The van der Waals surface area contributed by atoms with Gasteiger partial charge in [0, 0.05) is 38.2 Å². The van der Waals surface area contributed by atoms with Gasteiger partial charge >= 0.3 is 0 Å². The summed E-state index contributed by atoms with van der Waals surface area (Å²) in [5, 5.41) is 0. The van der Waals surface area contributed by atoms with Crippen LogP contribution in [-0.2, 0) is 4.79 Å². The van der Waals surface area contributed by atoms with E-state index >= 15 is 0 Å². The minimum Gasteiger partial charge on any atom is -0.437 e. The summed E-state index contributed by atoms with van der Waals surface area (Å²) in [6.07, 6.45) is 5.11. The third-order valence-corrected chi connectivity index (χ3v) is 3.93. The highest BCUT2D eigenvalue weighted by Gasteiger charge is 2.24. The fourth-order valence-corrected chi connectivity index (χ4v) is 2.76. The van der Waals surface area contributed by atoms with Gasteiger partial charge in [-0.3, -0.25) is 9.78 Å². The number of hydrogen-bond donors (Lipinski definition) is 0. The van der Waals surface area contributed by atoms with Crippen LogP contribution in [0.5, 0.6) is 11.6 Å². The number of nitrogens with zero attached hydrogens (tertiary/aromatic N) is 3. The minimum atomic E-state index is -0.365. The molecule has 5 nitrogen and oxygen atoms in total. The number of ether oxygens (including phenoxy) is 1. The maximum absolute atomic E-state index is 13.2. The van der Waals surface area contributed by atoms with Crippen molar-refractivity contribution in [3.63, 3.8) is 0 Å². The highest BCUT2D eigenvalue weighted by atomic mass is 19.1. The summed E-state index contributed by atoms with van der Waals surface area (Å²) in [4.78, 5) is 22.0. The van der Waals surface area contributed by atoms with E-state index in [-0.39, 0.29) is 17.6 Å². The third kappa shape index (κ3) is 3.83. The average Bonchev–Trinajstić information content (AvgIpc) is 2.55. The van der Waals surface area contributed by atoms with Crippen molar-refractivity contribution in [3.05, 3.63) is 48.2 Å². The molecule has 1 atom stereocenters. The second-order valence-electron chi connectivity index (χ2n) is 5.65. The number of carbonyl (C=O) groups excluding carboxylic acids is 1. The van der Waals surface area contributed by atoms with E-state index < -0.39 is 0 Å². The van der Waals surface area contributed by atoms with Crippen LogP contribution in [0.25, 0.3) is 0 Å². The maximum Gasteiger partial charge on any atom is 0.238 e. The Morgan fingerprint density at radius 2 is 2.26 bits per heavy atom. The Morgan fingerprint density at radius 3 is 3.04 bits per heavy atom. The van der Waals surface area contributed by atoms with E-state index in [1.165, 1.54) is 18.3 Å². The molecule has 1 saturated heterocycles. The van der Waals surface area contributed by atoms with Crippen LogP contribution in [0.15, 0.2) is 36.7 Å². The first-order valence-electron chi connectivity index (χ1n) is 7.62. The molecule has 0 saturated carbocycles. The molecule has 23 heavy (non-hydrogen) atoms. The number of hydrogen-bond acceptors (Lipinski definition) is 4. The van der Waals surface area contributed by atoms with Crippen molar-refractivity contribution in [1.82, 2.24) is 14.9 Å². The van der Waals surface area contributed by atoms with Crippen LogP contribution in [-0.4, -0.2) is 33.9 Å². The van der Waals surface area contributed by atoms with E-state index in [9.17, 15) is 9.18 Å². The first kappa shape index (κ1) is 15.4. The molecule has 0 spiro atoms. The van der Waals surface area contributed by atoms with Gasteiger partial charge in [0.05, 0.1) is 11.9 Å². The van der Waals surface area contributed by atoms with E-state index in [0.717, 1.165) is 25.1 Å². The largest absolute Gasteiger partial charge is 0.437 e. The summed E-state index contributed by atoms with van der Waals surface area (Å²) in [6.45, 7) is 3.02. The molecular formula is C17H18FN3O2. The number of piperidine rings is 1. The van der Waals surface area contributed by atoms with Gasteiger partial charge in [-0.25, -0.2) is 9.37 Å². The summed E-state index contributed by atoms with van der Waals surface area (Å²) < 4.78 is 18.8. The van der Waals surface area contributed by atoms with Gasteiger partial charge in [0.25, 0.3) is 0 Å². The Kier molecular flexibility index (Phi) is 4.50. The van der Waals surface area contributed by atoms with Gasteiger partial charge < -0.3 is 9.64 Å². The van der Waals surface area contributed by atoms with Crippen molar-refractivity contribution in [2.24, 2.45) is 0 Å². The summed E-state index contributed by atoms with van der Waals surface area (Å²) in [5.41, 5.74) is 0.796. The molecule has 1 amide bonds. The molecule has 1 aliphatic rings. The molecule has 0 bridgehead atoms. The van der Waals surface area contributed by atoms with Crippen molar-refractivity contribution in [1.29, 1.82) is 0 Å². The molecule has 2 aromatic rings. The zero-order valence-electron chi connectivity index (χ0n) is 12.9. The number of aromatic nitrogens is 2. The fourth-order valence-electron chi connectivity index (χ4n) is 2.76. The fraction of sp³-hybridized carbons (Fsp3) is 0.353. The minimum absolute atomic E-state index is 0.0785. The summed E-state index contributed by atoms with van der Waals surface area (Å²) in [7, 11) is 0. The van der Waals surface area contributed by atoms with Gasteiger partial charge in [-0.1, -0.05) is 6.07 Å². The van der Waals surface area contributed by atoms with Crippen LogP contribution < -0.4 is 4.74 Å². The van der Waals surface area contributed by atoms with Crippen molar-refractivity contribution in [2.75, 3.05) is 13.1 Å². The van der Waals surface area contributed by atoms with Gasteiger partial charge in [-0.2, -0.15) is 0 Å². The normalized spacial score (nSPS) is 17.8. The molecule has 1 aromatic heterocycles. The number of benzene rings is 1. The van der Waals surface area contributed by atoms with Crippen LogP contribution in [0, 0.1) is 5.82 Å². The smallest absolute Gasteiger partial charge is 0.238 e. The molecule has 1 unspecified atom stereocenters. The van der Waals surface area contributed by atoms with Crippen molar-refractivity contribution in [2.45, 2.75) is 25.7 Å². The first-order valence-corrected chi connectivity index (χ1v) is 7.62. The van der Waals surface area contributed by atoms with E-state index in [1.54, 1.807) is 25.3 Å². The van der Waals surface area contributed by atoms with E-state index in [4.69, 9.17) is 4.74 Å². The van der Waals surface area contributed by atoms with Crippen LogP contribution >= 0.6 is 0 Å². The van der Waals surface area contributed by atoms with E-state index in [0.29, 0.717) is 18.2 Å². The lowest BCUT2D eigenvalue weighted by Crippen LogP contribution is -2.37. The van der Waals surface area contributed by atoms with Crippen molar-refractivity contribution >= 4 is 5.91 Å². The van der Waals surface area contributed by atoms with Gasteiger partial charge in [0.2, 0.25) is 11.8 Å². The number of likely N-dealkylation sites (tertiary alicyclic amines) is 1. The Hall–Kier alpha value is -2.50. The summed E-state index contributed by atoms with van der Waals surface area (Å²) in [6, 6.07) is 5.89. The van der Waals surface area contributed by atoms with Gasteiger partial charge in [0.1, 0.15) is 11.6 Å². The lowest BCUT2D eigenvalue weighted by molar-refractivity contribution is -0.130. The van der Waals surface area contributed by atoms with E-state index in [1.807, 2.05) is 4.90 Å². The predicted octanol–water partition coefficient (Wildman–Crippen LogP) is 3.13. The third-order valence-electron chi connectivity index (χ3n) is 3.93. The van der Waals surface area contributed by atoms with Gasteiger partial charge in [-0.05, 0) is 25.0 Å². The van der Waals surface area contributed by atoms with Crippen LogP contribution in [0.3, 0.4) is 0 Å². The maximum atomic E-state index is 13.2. The molecule has 0 radical (unpaired) electrons. The number of rotatable bonds is 3. The quantitative estimate of drug-likeness (QED) is 0.873. The van der Waals surface area contributed by atoms with Gasteiger partial charge in [0.15, 0.2) is 0 Å². The second-order valence-corrected chi connectivity index (χ2v) is 5.65. The number of halogens is 1. The number of amides is 1. The standard InChI is InChI=1S/C17H18FN3O2/c1-12(22)21-7-3-4-13(11-21)16-9-19-10-17(20-16)23-15-6-2-5-14(18)8-15/h2,5-6,8-10,13H,3-4,7,11H2,1H3. The summed E-state index contributed by atoms with van der Waals surface area (Å²) >= 11 is 0. The Bertz CT molecular complexity index is 708.